The predicted octanol–water partition coefficient (Wildman–Crippen LogP) is 5.93. The van der Waals surface area contributed by atoms with E-state index in [1.807, 2.05) is 67.6 Å². The van der Waals surface area contributed by atoms with Gasteiger partial charge in [-0.3, -0.25) is 0 Å². The highest BCUT2D eigenvalue weighted by atomic mass is 32.2. The zero-order valence-corrected chi connectivity index (χ0v) is 16.8. The number of sulfone groups is 1. The van der Waals surface area contributed by atoms with Crippen LogP contribution in [0.5, 0.6) is 0 Å². The van der Waals surface area contributed by atoms with Gasteiger partial charge in [0.05, 0.1) is 4.90 Å². The van der Waals surface area contributed by atoms with Crippen molar-refractivity contribution in [2.75, 3.05) is 0 Å². The molecule has 0 spiro atoms. The molecule has 0 aliphatic heterocycles. The van der Waals surface area contributed by atoms with Crippen LogP contribution in [0.25, 0.3) is 22.6 Å². The third-order valence-electron chi connectivity index (χ3n) is 4.82. The van der Waals surface area contributed by atoms with Crippen molar-refractivity contribution >= 4 is 9.84 Å². The molecule has 146 valence electrons. The van der Waals surface area contributed by atoms with E-state index in [0.717, 1.165) is 11.1 Å². The fourth-order valence-electron chi connectivity index (χ4n) is 3.35. The SMILES string of the molecule is CCC(c1nc(-c2ccccc2)c(-c2ccccc2)o1)S(=O)(=O)c1ccccc1. The molecule has 0 radical (unpaired) electrons. The van der Waals surface area contributed by atoms with E-state index in [1.54, 1.807) is 30.3 Å². The maximum absolute atomic E-state index is 13.3. The van der Waals surface area contributed by atoms with Gasteiger partial charge in [-0.25, -0.2) is 13.4 Å². The molecule has 0 N–H and O–H groups in total. The molecule has 0 aliphatic rings. The average molecular weight is 404 g/mol. The van der Waals surface area contributed by atoms with Gasteiger partial charge in [0.1, 0.15) is 10.9 Å². The van der Waals surface area contributed by atoms with Crippen LogP contribution in [0.3, 0.4) is 0 Å². The van der Waals surface area contributed by atoms with Gasteiger partial charge in [-0.2, -0.15) is 0 Å². The van der Waals surface area contributed by atoms with Crippen LogP contribution in [-0.4, -0.2) is 13.4 Å². The first-order valence-corrected chi connectivity index (χ1v) is 11.1. The van der Waals surface area contributed by atoms with E-state index in [9.17, 15) is 8.42 Å². The molecule has 3 aromatic carbocycles. The molecule has 5 heteroatoms. The van der Waals surface area contributed by atoms with Gasteiger partial charge in [0.15, 0.2) is 15.6 Å². The summed E-state index contributed by atoms with van der Waals surface area (Å²) < 4.78 is 32.6. The van der Waals surface area contributed by atoms with Gasteiger partial charge in [-0.15, -0.1) is 0 Å². The lowest BCUT2D eigenvalue weighted by molar-refractivity contribution is 0.481. The summed E-state index contributed by atoms with van der Waals surface area (Å²) in [7, 11) is -3.63. The predicted molar refractivity (Wildman–Crippen MR) is 114 cm³/mol. The Morgan fingerprint density at radius 2 is 1.31 bits per heavy atom. The Morgan fingerprint density at radius 1 is 0.793 bits per heavy atom. The first-order valence-electron chi connectivity index (χ1n) is 9.51. The minimum atomic E-state index is -3.63. The summed E-state index contributed by atoms with van der Waals surface area (Å²) in [5.74, 6) is 0.794. The fourth-order valence-corrected chi connectivity index (χ4v) is 5.02. The second-order valence-electron chi connectivity index (χ2n) is 6.72. The van der Waals surface area contributed by atoms with E-state index in [4.69, 9.17) is 4.42 Å². The summed E-state index contributed by atoms with van der Waals surface area (Å²) in [6.45, 7) is 1.83. The third kappa shape index (κ3) is 3.74. The second kappa shape index (κ2) is 8.05. The van der Waals surface area contributed by atoms with Crippen LogP contribution in [-0.2, 0) is 9.84 Å². The fraction of sp³-hybridized carbons (Fsp3) is 0.125. The molecule has 0 bridgehead atoms. The lowest BCUT2D eigenvalue weighted by Crippen LogP contribution is -2.13. The van der Waals surface area contributed by atoms with Gasteiger partial charge in [0, 0.05) is 11.1 Å². The van der Waals surface area contributed by atoms with Gasteiger partial charge in [0.2, 0.25) is 5.89 Å². The molecule has 1 aromatic heterocycles. The van der Waals surface area contributed by atoms with E-state index in [2.05, 4.69) is 4.98 Å². The molecule has 4 rings (SSSR count). The van der Waals surface area contributed by atoms with E-state index < -0.39 is 15.1 Å². The van der Waals surface area contributed by atoms with Gasteiger partial charge in [-0.05, 0) is 18.6 Å². The van der Waals surface area contributed by atoms with Crippen molar-refractivity contribution in [3.63, 3.8) is 0 Å². The Bertz CT molecular complexity index is 1130. The van der Waals surface area contributed by atoms with Gasteiger partial charge in [0.25, 0.3) is 0 Å². The largest absolute Gasteiger partial charge is 0.439 e. The van der Waals surface area contributed by atoms with Crippen molar-refractivity contribution < 1.29 is 12.8 Å². The molecule has 29 heavy (non-hydrogen) atoms. The average Bonchev–Trinajstić information content (AvgIpc) is 3.21. The maximum Gasteiger partial charge on any atom is 0.214 e. The number of rotatable bonds is 6. The molecule has 4 nitrogen and oxygen atoms in total. The molecular formula is C24H21NO3S. The van der Waals surface area contributed by atoms with Gasteiger partial charge < -0.3 is 4.42 Å². The standard InChI is InChI=1S/C24H21NO3S/c1-2-21(29(26,27)20-16-10-5-11-17-20)24-25-22(18-12-6-3-7-13-18)23(28-24)19-14-8-4-9-15-19/h3-17,21H,2H2,1H3. The Balaban J connectivity index is 1.87. The summed E-state index contributed by atoms with van der Waals surface area (Å²) >= 11 is 0. The summed E-state index contributed by atoms with van der Waals surface area (Å²) in [5, 5.41) is -0.857. The summed E-state index contributed by atoms with van der Waals surface area (Å²) in [5.41, 5.74) is 2.39. The van der Waals surface area contributed by atoms with E-state index in [-0.39, 0.29) is 10.8 Å². The highest BCUT2D eigenvalue weighted by Gasteiger charge is 2.33. The van der Waals surface area contributed by atoms with Crippen LogP contribution >= 0.6 is 0 Å². The van der Waals surface area contributed by atoms with Crippen LogP contribution in [0, 0.1) is 0 Å². The Morgan fingerprint density at radius 3 is 1.86 bits per heavy atom. The van der Waals surface area contributed by atoms with Crippen LogP contribution in [0.4, 0.5) is 0 Å². The number of aromatic nitrogens is 1. The zero-order valence-electron chi connectivity index (χ0n) is 16.0. The van der Waals surface area contributed by atoms with Crippen LogP contribution < -0.4 is 0 Å². The van der Waals surface area contributed by atoms with Crippen molar-refractivity contribution in [2.45, 2.75) is 23.5 Å². The lowest BCUT2D eigenvalue weighted by atomic mass is 10.1. The smallest absolute Gasteiger partial charge is 0.214 e. The van der Waals surface area contributed by atoms with E-state index in [1.165, 1.54) is 0 Å². The third-order valence-corrected chi connectivity index (χ3v) is 7.03. The molecule has 0 saturated heterocycles. The molecule has 0 fully saturated rings. The highest BCUT2D eigenvalue weighted by molar-refractivity contribution is 7.91. The number of nitrogens with zero attached hydrogens (tertiary/aromatic N) is 1. The van der Waals surface area contributed by atoms with Crippen molar-refractivity contribution in [2.24, 2.45) is 0 Å². The molecule has 1 atom stereocenters. The van der Waals surface area contributed by atoms with Crippen LogP contribution in [0.15, 0.2) is 100 Å². The van der Waals surface area contributed by atoms with Crippen molar-refractivity contribution in [1.82, 2.24) is 4.98 Å². The van der Waals surface area contributed by atoms with Gasteiger partial charge >= 0.3 is 0 Å². The number of hydrogen-bond donors (Lipinski definition) is 0. The number of benzene rings is 3. The molecule has 0 aliphatic carbocycles. The number of oxazole rings is 1. The van der Waals surface area contributed by atoms with Crippen molar-refractivity contribution in [3.8, 4) is 22.6 Å². The monoisotopic (exact) mass is 403 g/mol. The van der Waals surface area contributed by atoms with E-state index in [0.29, 0.717) is 17.9 Å². The van der Waals surface area contributed by atoms with Gasteiger partial charge in [-0.1, -0.05) is 85.8 Å². The first kappa shape index (κ1) is 19.2. The molecule has 4 aromatic rings. The molecule has 0 saturated carbocycles. The first-order chi connectivity index (χ1) is 14.1. The Kier molecular flexibility index (Phi) is 5.32. The second-order valence-corrected chi connectivity index (χ2v) is 8.85. The van der Waals surface area contributed by atoms with E-state index >= 15 is 0 Å². The Hall–Kier alpha value is -3.18. The van der Waals surface area contributed by atoms with Crippen LogP contribution in [0.1, 0.15) is 24.5 Å². The summed E-state index contributed by atoms with van der Waals surface area (Å²) in [4.78, 5) is 4.94. The topological polar surface area (TPSA) is 60.2 Å². The Labute approximate surface area is 170 Å². The highest BCUT2D eigenvalue weighted by Crippen LogP contribution is 2.38. The normalized spacial score (nSPS) is 12.6. The summed E-state index contributed by atoms with van der Waals surface area (Å²) in [6.07, 6.45) is 0.361. The summed E-state index contributed by atoms with van der Waals surface area (Å²) in [6, 6.07) is 27.8. The maximum atomic E-state index is 13.3. The zero-order chi connectivity index (χ0) is 20.3. The van der Waals surface area contributed by atoms with Crippen molar-refractivity contribution in [1.29, 1.82) is 0 Å². The molecule has 0 amide bonds. The van der Waals surface area contributed by atoms with Crippen molar-refractivity contribution in [3.05, 3.63) is 96.9 Å². The molecule has 1 heterocycles. The number of hydrogen-bond acceptors (Lipinski definition) is 4. The minimum absolute atomic E-state index is 0.217. The molecule has 1 unspecified atom stereocenters. The quantitative estimate of drug-likeness (QED) is 0.400. The lowest BCUT2D eigenvalue weighted by Gasteiger charge is -2.12. The van der Waals surface area contributed by atoms with Crippen LogP contribution in [0.2, 0.25) is 0 Å². The minimum Gasteiger partial charge on any atom is -0.439 e. The molecular weight excluding hydrogens is 382 g/mol.